The average Bonchev–Trinajstić information content (AvgIpc) is 2.46. The molecule has 4 nitrogen and oxygen atoms in total. The fraction of sp³-hybridized carbons (Fsp3) is 0.200. The van der Waals surface area contributed by atoms with Crippen molar-refractivity contribution in [3.8, 4) is 0 Å². The van der Waals surface area contributed by atoms with Crippen LogP contribution in [0.4, 0.5) is 5.82 Å². The number of anilines is 1. The number of methoxy groups -OCH3 is 1. The molecule has 4 heteroatoms. The summed E-state index contributed by atoms with van der Waals surface area (Å²) in [6, 6.07) is 11.2. The minimum atomic E-state index is -0.319. The number of nitrogens with one attached hydrogen (secondary N) is 1. The van der Waals surface area contributed by atoms with Crippen molar-refractivity contribution in [3.05, 3.63) is 59.3 Å². The predicted octanol–water partition coefficient (Wildman–Crippen LogP) is 2.79. The van der Waals surface area contributed by atoms with Gasteiger partial charge in [-0.05, 0) is 36.2 Å². The molecule has 98 valence electrons. The van der Waals surface area contributed by atoms with Gasteiger partial charge >= 0.3 is 5.97 Å². The summed E-state index contributed by atoms with van der Waals surface area (Å²) in [7, 11) is 1.38. The summed E-state index contributed by atoms with van der Waals surface area (Å²) in [4.78, 5) is 15.6. The van der Waals surface area contributed by atoms with E-state index in [1.165, 1.54) is 7.11 Å². The van der Waals surface area contributed by atoms with Gasteiger partial charge in [0.15, 0.2) is 0 Å². The third-order valence-corrected chi connectivity index (χ3v) is 2.84. The molecular weight excluding hydrogens is 240 g/mol. The van der Waals surface area contributed by atoms with Crippen LogP contribution in [0.2, 0.25) is 0 Å². The Labute approximate surface area is 112 Å². The summed E-state index contributed by atoms with van der Waals surface area (Å²) in [5.41, 5.74) is 2.74. The van der Waals surface area contributed by atoms with Crippen LogP contribution in [-0.4, -0.2) is 18.1 Å². The lowest BCUT2D eigenvalue weighted by Crippen LogP contribution is -2.04. The fourth-order valence-electron chi connectivity index (χ4n) is 1.73. The molecule has 0 amide bonds. The van der Waals surface area contributed by atoms with Crippen LogP contribution in [0.15, 0.2) is 42.6 Å². The highest BCUT2D eigenvalue weighted by Crippen LogP contribution is 2.12. The Kier molecular flexibility index (Phi) is 4.13. The van der Waals surface area contributed by atoms with Crippen LogP contribution in [0.5, 0.6) is 0 Å². The van der Waals surface area contributed by atoms with Crippen LogP contribution < -0.4 is 5.32 Å². The van der Waals surface area contributed by atoms with E-state index in [9.17, 15) is 4.79 Å². The van der Waals surface area contributed by atoms with Gasteiger partial charge in [0, 0.05) is 12.7 Å². The Balaban J connectivity index is 2.01. The molecule has 0 bridgehead atoms. The van der Waals surface area contributed by atoms with E-state index in [0.717, 1.165) is 16.9 Å². The third kappa shape index (κ3) is 3.31. The predicted molar refractivity (Wildman–Crippen MR) is 74.1 cm³/mol. The first-order valence-corrected chi connectivity index (χ1v) is 6.03. The van der Waals surface area contributed by atoms with Gasteiger partial charge in [-0.15, -0.1) is 0 Å². The number of ether oxygens (including phenoxy) is 1. The van der Waals surface area contributed by atoms with Crippen molar-refractivity contribution in [2.24, 2.45) is 0 Å². The van der Waals surface area contributed by atoms with E-state index in [1.807, 2.05) is 31.2 Å². The lowest BCUT2D eigenvalue weighted by Gasteiger charge is -2.08. The van der Waals surface area contributed by atoms with Gasteiger partial charge in [-0.2, -0.15) is 0 Å². The maximum absolute atomic E-state index is 11.3. The highest BCUT2D eigenvalue weighted by atomic mass is 16.5. The van der Waals surface area contributed by atoms with Gasteiger partial charge in [-0.1, -0.05) is 18.2 Å². The van der Waals surface area contributed by atoms with Gasteiger partial charge in [-0.3, -0.25) is 0 Å². The molecule has 0 aliphatic carbocycles. The minimum Gasteiger partial charge on any atom is -0.465 e. The molecule has 1 aromatic heterocycles. The minimum absolute atomic E-state index is 0.319. The monoisotopic (exact) mass is 256 g/mol. The number of benzene rings is 1. The Morgan fingerprint density at radius 1 is 1.26 bits per heavy atom. The van der Waals surface area contributed by atoms with Crippen LogP contribution in [0, 0.1) is 6.92 Å². The van der Waals surface area contributed by atoms with Crippen molar-refractivity contribution in [2.45, 2.75) is 13.5 Å². The first-order chi connectivity index (χ1) is 9.20. The van der Waals surface area contributed by atoms with Crippen molar-refractivity contribution in [1.82, 2.24) is 4.98 Å². The van der Waals surface area contributed by atoms with Gasteiger partial charge in [0.2, 0.25) is 0 Å². The number of aromatic nitrogens is 1. The molecule has 2 rings (SSSR count). The number of pyridine rings is 1. The number of rotatable bonds is 4. The van der Waals surface area contributed by atoms with E-state index in [-0.39, 0.29) is 5.97 Å². The van der Waals surface area contributed by atoms with Crippen molar-refractivity contribution in [1.29, 1.82) is 0 Å². The van der Waals surface area contributed by atoms with Crippen molar-refractivity contribution >= 4 is 11.8 Å². The highest BCUT2D eigenvalue weighted by Gasteiger charge is 2.04. The Morgan fingerprint density at radius 2 is 2.00 bits per heavy atom. The van der Waals surface area contributed by atoms with Gasteiger partial charge in [0.05, 0.1) is 12.7 Å². The molecule has 0 unspecified atom stereocenters. The van der Waals surface area contributed by atoms with E-state index in [2.05, 4.69) is 15.0 Å². The maximum Gasteiger partial charge on any atom is 0.337 e. The second-order valence-corrected chi connectivity index (χ2v) is 4.21. The second kappa shape index (κ2) is 6.00. The van der Waals surface area contributed by atoms with E-state index in [4.69, 9.17) is 0 Å². The molecule has 1 aromatic carbocycles. The maximum atomic E-state index is 11.3. The Bertz CT molecular complexity index is 565. The smallest absolute Gasteiger partial charge is 0.337 e. The van der Waals surface area contributed by atoms with Crippen molar-refractivity contribution < 1.29 is 9.53 Å². The number of esters is 1. The third-order valence-electron chi connectivity index (χ3n) is 2.84. The summed E-state index contributed by atoms with van der Waals surface area (Å²) in [5.74, 6) is 0.555. The summed E-state index contributed by atoms with van der Waals surface area (Å²) in [6.07, 6.45) is 1.76. The van der Waals surface area contributed by atoms with Crippen molar-refractivity contribution in [2.75, 3.05) is 12.4 Å². The van der Waals surface area contributed by atoms with E-state index in [1.54, 1.807) is 18.3 Å². The first kappa shape index (κ1) is 13.1. The van der Waals surface area contributed by atoms with Gasteiger partial charge < -0.3 is 10.1 Å². The molecule has 1 heterocycles. The Morgan fingerprint density at radius 3 is 2.63 bits per heavy atom. The number of carbonyl (C=O) groups is 1. The summed E-state index contributed by atoms with van der Waals surface area (Å²) in [6.45, 7) is 2.68. The molecule has 2 aromatic rings. The van der Waals surface area contributed by atoms with Gasteiger partial charge in [-0.25, -0.2) is 9.78 Å². The molecule has 0 aliphatic heterocycles. The quantitative estimate of drug-likeness (QED) is 0.855. The van der Waals surface area contributed by atoms with Crippen LogP contribution >= 0.6 is 0 Å². The Hall–Kier alpha value is -2.36. The molecule has 0 saturated carbocycles. The normalized spacial score (nSPS) is 10.0. The molecule has 0 spiro atoms. The number of aryl methyl sites for hydroxylation is 1. The standard InChI is InChI=1S/C15H16N2O2/c1-11-4-3-9-16-14(11)17-10-12-5-7-13(8-6-12)15(18)19-2/h3-9H,10H2,1-2H3,(H,16,17). The molecule has 0 radical (unpaired) electrons. The summed E-state index contributed by atoms with van der Waals surface area (Å²) in [5, 5.41) is 3.26. The van der Waals surface area contributed by atoms with Gasteiger partial charge in [0.25, 0.3) is 0 Å². The zero-order valence-electron chi connectivity index (χ0n) is 11.0. The molecular formula is C15H16N2O2. The number of hydrogen-bond donors (Lipinski definition) is 1. The molecule has 0 fully saturated rings. The summed E-state index contributed by atoms with van der Waals surface area (Å²) >= 11 is 0. The topological polar surface area (TPSA) is 51.2 Å². The van der Waals surface area contributed by atoms with E-state index < -0.39 is 0 Å². The molecule has 0 atom stereocenters. The zero-order valence-corrected chi connectivity index (χ0v) is 11.0. The van der Waals surface area contributed by atoms with Crippen molar-refractivity contribution in [3.63, 3.8) is 0 Å². The average molecular weight is 256 g/mol. The molecule has 1 N–H and O–H groups in total. The highest BCUT2D eigenvalue weighted by molar-refractivity contribution is 5.89. The fourth-order valence-corrected chi connectivity index (χ4v) is 1.73. The van der Waals surface area contributed by atoms with E-state index >= 15 is 0 Å². The molecule has 0 saturated heterocycles. The molecule has 0 aliphatic rings. The lowest BCUT2D eigenvalue weighted by atomic mass is 10.1. The van der Waals surface area contributed by atoms with Crippen LogP contribution in [0.1, 0.15) is 21.5 Å². The second-order valence-electron chi connectivity index (χ2n) is 4.21. The SMILES string of the molecule is COC(=O)c1ccc(CNc2ncccc2C)cc1. The van der Waals surface area contributed by atoms with Crippen LogP contribution in [-0.2, 0) is 11.3 Å². The van der Waals surface area contributed by atoms with E-state index in [0.29, 0.717) is 12.1 Å². The number of carbonyl (C=O) groups excluding carboxylic acids is 1. The van der Waals surface area contributed by atoms with Crippen LogP contribution in [0.3, 0.4) is 0 Å². The number of hydrogen-bond acceptors (Lipinski definition) is 4. The first-order valence-electron chi connectivity index (χ1n) is 6.03. The number of nitrogens with zero attached hydrogens (tertiary/aromatic N) is 1. The zero-order chi connectivity index (χ0) is 13.7. The van der Waals surface area contributed by atoms with Gasteiger partial charge in [0.1, 0.15) is 5.82 Å². The largest absolute Gasteiger partial charge is 0.465 e. The van der Waals surface area contributed by atoms with Crippen LogP contribution in [0.25, 0.3) is 0 Å². The summed E-state index contributed by atoms with van der Waals surface area (Å²) < 4.78 is 4.66. The molecule has 19 heavy (non-hydrogen) atoms. The lowest BCUT2D eigenvalue weighted by molar-refractivity contribution is 0.0600.